The highest BCUT2D eigenvalue weighted by Gasteiger charge is 2.10. The van der Waals surface area contributed by atoms with Crippen LogP contribution >= 0.6 is 0 Å². The highest BCUT2D eigenvalue weighted by Crippen LogP contribution is 2.02. The predicted octanol–water partition coefficient (Wildman–Crippen LogP) is 0.299. The van der Waals surface area contributed by atoms with Gasteiger partial charge in [0.25, 0.3) is 0 Å². The SMILES string of the molecule is COC(C)CNCc1ncncc1C(=O)O. The van der Waals surface area contributed by atoms with Crippen molar-refractivity contribution < 1.29 is 14.6 Å². The van der Waals surface area contributed by atoms with Gasteiger partial charge >= 0.3 is 5.97 Å². The molecule has 0 saturated carbocycles. The summed E-state index contributed by atoms with van der Waals surface area (Å²) in [6.45, 7) is 2.95. The van der Waals surface area contributed by atoms with E-state index < -0.39 is 5.97 Å². The Balaban J connectivity index is 2.56. The number of ether oxygens (including phenoxy) is 1. The first kappa shape index (κ1) is 12.5. The van der Waals surface area contributed by atoms with Crippen molar-refractivity contribution in [3.05, 3.63) is 23.8 Å². The van der Waals surface area contributed by atoms with Gasteiger partial charge in [0.15, 0.2) is 0 Å². The van der Waals surface area contributed by atoms with E-state index in [1.807, 2.05) is 6.92 Å². The van der Waals surface area contributed by atoms with Crippen LogP contribution in [0.25, 0.3) is 0 Å². The Hall–Kier alpha value is -1.53. The number of hydrogen-bond donors (Lipinski definition) is 2. The molecule has 0 saturated heterocycles. The lowest BCUT2D eigenvalue weighted by Crippen LogP contribution is -2.26. The standard InChI is InChI=1S/C10H15N3O3/c1-7(16-2)3-11-5-9-8(10(14)15)4-12-6-13-9/h4,6-7,11H,3,5H2,1-2H3,(H,14,15). The number of carbonyl (C=O) groups is 1. The molecule has 0 aliphatic rings. The third kappa shape index (κ3) is 3.56. The number of aromatic nitrogens is 2. The van der Waals surface area contributed by atoms with Crippen molar-refractivity contribution in [2.75, 3.05) is 13.7 Å². The van der Waals surface area contributed by atoms with E-state index in [-0.39, 0.29) is 11.7 Å². The molecule has 0 radical (unpaired) electrons. The van der Waals surface area contributed by atoms with Crippen molar-refractivity contribution in [3.63, 3.8) is 0 Å². The van der Waals surface area contributed by atoms with Gasteiger partial charge in [0, 0.05) is 26.4 Å². The van der Waals surface area contributed by atoms with Gasteiger partial charge in [0.2, 0.25) is 0 Å². The number of aromatic carboxylic acids is 1. The lowest BCUT2D eigenvalue weighted by atomic mass is 10.2. The second kappa shape index (κ2) is 6.14. The Kier molecular flexibility index (Phi) is 4.81. The molecule has 0 aliphatic carbocycles. The summed E-state index contributed by atoms with van der Waals surface area (Å²) in [4.78, 5) is 18.5. The maximum absolute atomic E-state index is 10.8. The Labute approximate surface area is 93.7 Å². The minimum absolute atomic E-state index is 0.0788. The molecule has 1 atom stereocenters. The number of hydrogen-bond acceptors (Lipinski definition) is 5. The molecule has 1 aromatic rings. The number of nitrogens with one attached hydrogen (secondary N) is 1. The zero-order valence-corrected chi connectivity index (χ0v) is 9.30. The van der Waals surface area contributed by atoms with Crippen LogP contribution in [0, 0.1) is 0 Å². The summed E-state index contributed by atoms with van der Waals surface area (Å²) in [6.07, 6.45) is 2.71. The van der Waals surface area contributed by atoms with Crippen molar-refractivity contribution in [2.24, 2.45) is 0 Å². The summed E-state index contributed by atoms with van der Waals surface area (Å²) in [5.41, 5.74) is 0.603. The minimum Gasteiger partial charge on any atom is -0.478 e. The summed E-state index contributed by atoms with van der Waals surface area (Å²) < 4.78 is 5.05. The minimum atomic E-state index is -1.02. The van der Waals surface area contributed by atoms with Crippen molar-refractivity contribution in [1.82, 2.24) is 15.3 Å². The van der Waals surface area contributed by atoms with E-state index in [9.17, 15) is 4.79 Å². The number of methoxy groups -OCH3 is 1. The van der Waals surface area contributed by atoms with Crippen LogP contribution in [0.4, 0.5) is 0 Å². The molecule has 2 N–H and O–H groups in total. The van der Waals surface area contributed by atoms with Gasteiger partial charge in [-0.25, -0.2) is 14.8 Å². The fraction of sp³-hybridized carbons (Fsp3) is 0.500. The number of nitrogens with zero attached hydrogens (tertiary/aromatic N) is 2. The average molecular weight is 225 g/mol. The number of carboxylic acids is 1. The van der Waals surface area contributed by atoms with Gasteiger partial charge in [0.1, 0.15) is 11.9 Å². The second-order valence-electron chi connectivity index (χ2n) is 3.37. The number of rotatable bonds is 6. The molecule has 1 heterocycles. The molecular formula is C10H15N3O3. The van der Waals surface area contributed by atoms with Crippen LogP contribution in [-0.2, 0) is 11.3 Å². The summed E-state index contributed by atoms with van der Waals surface area (Å²) in [5, 5.41) is 12.0. The van der Waals surface area contributed by atoms with Crippen LogP contribution in [0.2, 0.25) is 0 Å². The topological polar surface area (TPSA) is 84.3 Å². The van der Waals surface area contributed by atoms with Crippen molar-refractivity contribution in [2.45, 2.75) is 19.6 Å². The van der Waals surface area contributed by atoms with Crippen LogP contribution < -0.4 is 5.32 Å². The normalized spacial score (nSPS) is 12.4. The molecule has 1 rings (SSSR count). The smallest absolute Gasteiger partial charge is 0.339 e. The van der Waals surface area contributed by atoms with Crippen LogP contribution in [0.15, 0.2) is 12.5 Å². The first-order chi connectivity index (χ1) is 7.65. The average Bonchev–Trinajstić information content (AvgIpc) is 2.29. The van der Waals surface area contributed by atoms with Crippen molar-refractivity contribution >= 4 is 5.97 Å². The zero-order valence-electron chi connectivity index (χ0n) is 9.30. The van der Waals surface area contributed by atoms with Crippen molar-refractivity contribution in [1.29, 1.82) is 0 Å². The predicted molar refractivity (Wildman–Crippen MR) is 57.2 cm³/mol. The Morgan fingerprint density at radius 1 is 1.69 bits per heavy atom. The molecule has 1 unspecified atom stereocenters. The first-order valence-electron chi connectivity index (χ1n) is 4.90. The molecule has 0 aliphatic heterocycles. The Morgan fingerprint density at radius 2 is 2.44 bits per heavy atom. The number of carboxylic acid groups (broad SMARTS) is 1. The Morgan fingerprint density at radius 3 is 3.06 bits per heavy atom. The lowest BCUT2D eigenvalue weighted by Gasteiger charge is -2.10. The monoisotopic (exact) mass is 225 g/mol. The fourth-order valence-corrected chi connectivity index (χ4v) is 1.15. The summed E-state index contributed by atoms with van der Waals surface area (Å²) in [6, 6.07) is 0. The van der Waals surface area contributed by atoms with Gasteiger partial charge in [0.05, 0.1) is 11.8 Å². The van der Waals surface area contributed by atoms with E-state index >= 15 is 0 Å². The molecule has 0 spiro atoms. The highest BCUT2D eigenvalue weighted by atomic mass is 16.5. The molecule has 0 bridgehead atoms. The molecule has 0 amide bonds. The van der Waals surface area contributed by atoms with Gasteiger partial charge in [-0.2, -0.15) is 0 Å². The maximum atomic E-state index is 10.8. The molecule has 6 heteroatoms. The highest BCUT2D eigenvalue weighted by molar-refractivity contribution is 5.88. The van der Waals surface area contributed by atoms with E-state index in [1.54, 1.807) is 7.11 Å². The lowest BCUT2D eigenvalue weighted by molar-refractivity contribution is 0.0694. The molecule has 1 aromatic heterocycles. The Bertz CT molecular complexity index is 357. The first-order valence-corrected chi connectivity index (χ1v) is 4.90. The van der Waals surface area contributed by atoms with Crippen LogP contribution in [0.5, 0.6) is 0 Å². The summed E-state index contributed by atoms with van der Waals surface area (Å²) in [7, 11) is 1.62. The third-order valence-corrected chi connectivity index (χ3v) is 2.15. The maximum Gasteiger partial charge on any atom is 0.339 e. The second-order valence-corrected chi connectivity index (χ2v) is 3.37. The van der Waals surface area contributed by atoms with E-state index in [0.717, 1.165) is 0 Å². The molecule has 0 aromatic carbocycles. The quantitative estimate of drug-likeness (QED) is 0.724. The molecule has 88 valence electrons. The van der Waals surface area contributed by atoms with E-state index in [0.29, 0.717) is 18.8 Å². The van der Waals surface area contributed by atoms with Gasteiger partial charge in [-0.15, -0.1) is 0 Å². The molecular weight excluding hydrogens is 210 g/mol. The van der Waals surface area contributed by atoms with E-state index in [4.69, 9.17) is 9.84 Å². The zero-order chi connectivity index (χ0) is 12.0. The van der Waals surface area contributed by atoms with Crippen LogP contribution in [0.3, 0.4) is 0 Å². The van der Waals surface area contributed by atoms with Gasteiger partial charge in [-0.1, -0.05) is 0 Å². The van der Waals surface area contributed by atoms with E-state index in [1.165, 1.54) is 12.5 Å². The largest absolute Gasteiger partial charge is 0.478 e. The van der Waals surface area contributed by atoms with Crippen LogP contribution in [-0.4, -0.2) is 40.8 Å². The fourth-order valence-electron chi connectivity index (χ4n) is 1.15. The van der Waals surface area contributed by atoms with Crippen LogP contribution in [0.1, 0.15) is 23.0 Å². The summed E-state index contributed by atoms with van der Waals surface area (Å²) >= 11 is 0. The summed E-state index contributed by atoms with van der Waals surface area (Å²) in [5.74, 6) is -1.02. The van der Waals surface area contributed by atoms with E-state index in [2.05, 4.69) is 15.3 Å². The van der Waals surface area contributed by atoms with Gasteiger partial charge < -0.3 is 15.2 Å². The van der Waals surface area contributed by atoms with Crippen molar-refractivity contribution in [3.8, 4) is 0 Å². The molecule has 16 heavy (non-hydrogen) atoms. The third-order valence-electron chi connectivity index (χ3n) is 2.15. The van der Waals surface area contributed by atoms with Gasteiger partial charge in [-0.3, -0.25) is 0 Å². The molecule has 6 nitrogen and oxygen atoms in total. The molecule has 0 fully saturated rings. The van der Waals surface area contributed by atoms with Gasteiger partial charge in [-0.05, 0) is 6.92 Å².